The van der Waals surface area contributed by atoms with E-state index in [2.05, 4.69) is 24.1 Å². The molecule has 7 heteroatoms. The van der Waals surface area contributed by atoms with Crippen molar-refractivity contribution in [1.82, 2.24) is 14.8 Å². The fraction of sp³-hybridized carbons (Fsp3) is 0.611. The van der Waals surface area contributed by atoms with E-state index in [-0.39, 0.29) is 18.9 Å². The number of aliphatic carboxylic acids is 1. The van der Waals surface area contributed by atoms with E-state index in [1.54, 1.807) is 0 Å². The molecule has 1 atom stereocenters. The number of carbonyl (C=O) groups excluding carboxylic acids is 1. The number of rotatable bonds is 9. The molecule has 1 heterocycles. The van der Waals surface area contributed by atoms with E-state index in [0.717, 1.165) is 17.7 Å². The molecule has 0 radical (unpaired) electrons. The second-order valence-electron chi connectivity index (χ2n) is 7.05. The maximum Gasteiger partial charge on any atom is 0.305 e. The van der Waals surface area contributed by atoms with Crippen LogP contribution in [0.25, 0.3) is 0 Å². The molecule has 1 aromatic heterocycles. The smallest absolute Gasteiger partial charge is 0.305 e. The van der Waals surface area contributed by atoms with Gasteiger partial charge in [0.1, 0.15) is 10.7 Å². The number of hydrogen-bond donors (Lipinski definition) is 2. The van der Waals surface area contributed by atoms with Gasteiger partial charge in [-0.2, -0.15) is 0 Å². The first-order valence-electron chi connectivity index (χ1n) is 8.47. The summed E-state index contributed by atoms with van der Waals surface area (Å²) in [5.41, 5.74) is 2.22. The monoisotopic (exact) mass is 367 g/mol. The van der Waals surface area contributed by atoms with E-state index in [1.807, 2.05) is 37.8 Å². The molecule has 2 N–H and O–H groups in total. The van der Waals surface area contributed by atoms with Crippen LogP contribution < -0.4 is 5.32 Å². The summed E-state index contributed by atoms with van der Waals surface area (Å²) in [7, 11) is 3.99. The number of aryl methyl sites for hydroxylation is 1. The van der Waals surface area contributed by atoms with Crippen LogP contribution in [0, 0.1) is 17.5 Å². The Morgan fingerprint density at radius 1 is 1.36 bits per heavy atom. The maximum absolute atomic E-state index is 12.6. The van der Waals surface area contributed by atoms with E-state index in [9.17, 15) is 9.59 Å². The number of nitrogens with one attached hydrogen (secondary N) is 1. The second-order valence-corrected chi connectivity index (χ2v) is 7.46. The molecule has 0 bridgehead atoms. The molecule has 0 spiro atoms. The number of carboxylic acid groups (broad SMARTS) is 1. The van der Waals surface area contributed by atoms with Gasteiger partial charge in [0.05, 0.1) is 6.42 Å². The molecule has 0 fully saturated rings. The Bertz CT molecular complexity index is 668. The predicted molar refractivity (Wildman–Crippen MR) is 101 cm³/mol. The number of pyridine rings is 1. The summed E-state index contributed by atoms with van der Waals surface area (Å²) in [5, 5.41) is 11.5. The molecule has 0 aliphatic carbocycles. The summed E-state index contributed by atoms with van der Waals surface area (Å²) < 4.78 is 2.45. The van der Waals surface area contributed by atoms with Gasteiger partial charge in [0.15, 0.2) is 0 Å². The van der Waals surface area contributed by atoms with Gasteiger partial charge >= 0.3 is 5.97 Å². The molecule has 140 valence electrons. The number of hydrogen-bond acceptors (Lipinski definition) is 4. The molecule has 25 heavy (non-hydrogen) atoms. The Balaban J connectivity index is 3.15. The molecule has 1 rings (SSSR count). The van der Waals surface area contributed by atoms with Crippen LogP contribution in [0.1, 0.15) is 43.9 Å². The highest BCUT2D eigenvalue weighted by Gasteiger charge is 2.22. The van der Waals surface area contributed by atoms with Crippen molar-refractivity contribution in [3.63, 3.8) is 0 Å². The van der Waals surface area contributed by atoms with Crippen LogP contribution in [-0.2, 0) is 16.1 Å². The fourth-order valence-electron chi connectivity index (χ4n) is 2.64. The molecule has 0 aromatic carbocycles. The molecule has 0 saturated heterocycles. The highest BCUT2D eigenvalue weighted by molar-refractivity contribution is 7.71. The van der Waals surface area contributed by atoms with Crippen molar-refractivity contribution in [2.45, 2.75) is 46.2 Å². The van der Waals surface area contributed by atoms with Crippen LogP contribution in [0.2, 0.25) is 0 Å². The van der Waals surface area contributed by atoms with Crippen LogP contribution in [-0.4, -0.2) is 47.1 Å². The van der Waals surface area contributed by atoms with Crippen molar-refractivity contribution in [2.24, 2.45) is 5.92 Å². The molecule has 0 aliphatic rings. The number of carbonyl (C=O) groups is 2. The normalized spacial score (nSPS) is 12.4. The molecular weight excluding hydrogens is 338 g/mol. The van der Waals surface area contributed by atoms with Crippen molar-refractivity contribution in [2.75, 3.05) is 20.6 Å². The Labute approximate surface area is 154 Å². The second kappa shape index (κ2) is 9.68. The maximum atomic E-state index is 12.6. The Kier molecular flexibility index (Phi) is 8.25. The summed E-state index contributed by atoms with van der Waals surface area (Å²) in [4.78, 5) is 25.4. The molecule has 0 aliphatic heterocycles. The van der Waals surface area contributed by atoms with Crippen LogP contribution >= 0.6 is 12.2 Å². The van der Waals surface area contributed by atoms with Gasteiger partial charge in [-0.15, -0.1) is 0 Å². The third-order valence-electron chi connectivity index (χ3n) is 3.85. The summed E-state index contributed by atoms with van der Waals surface area (Å²) >= 11 is 5.49. The third-order valence-corrected chi connectivity index (χ3v) is 4.18. The lowest BCUT2D eigenvalue weighted by Crippen LogP contribution is -2.35. The fourth-order valence-corrected chi connectivity index (χ4v) is 3.00. The topological polar surface area (TPSA) is 74.6 Å². The third kappa shape index (κ3) is 6.96. The first kappa shape index (κ1) is 21.3. The summed E-state index contributed by atoms with van der Waals surface area (Å²) in [6.45, 7) is 7.00. The summed E-state index contributed by atoms with van der Waals surface area (Å²) in [5.74, 6) is -0.817. The van der Waals surface area contributed by atoms with Crippen molar-refractivity contribution in [3.8, 4) is 0 Å². The van der Waals surface area contributed by atoms with Crippen LogP contribution in [0.5, 0.6) is 0 Å². The van der Waals surface area contributed by atoms with Crippen molar-refractivity contribution < 1.29 is 14.7 Å². The van der Waals surface area contributed by atoms with Crippen molar-refractivity contribution in [1.29, 1.82) is 0 Å². The largest absolute Gasteiger partial charge is 0.481 e. The highest BCUT2D eigenvalue weighted by Crippen LogP contribution is 2.21. The summed E-state index contributed by atoms with van der Waals surface area (Å²) in [6, 6.07) is 1.48. The van der Waals surface area contributed by atoms with Crippen LogP contribution in [0.4, 0.5) is 0 Å². The Morgan fingerprint density at radius 3 is 2.52 bits per heavy atom. The number of aromatic nitrogens is 1. The van der Waals surface area contributed by atoms with E-state index >= 15 is 0 Å². The zero-order chi connectivity index (χ0) is 19.1. The van der Waals surface area contributed by atoms with Gasteiger partial charge in [0.25, 0.3) is 0 Å². The van der Waals surface area contributed by atoms with E-state index in [1.165, 1.54) is 0 Å². The quantitative estimate of drug-likeness (QED) is 0.657. The Morgan fingerprint density at radius 2 is 2.00 bits per heavy atom. The SMILES string of the molecule is Cc1cc(=S)n(C(CC(C)C)C(=O)NCCC(=O)O)cc1CN(C)C. The van der Waals surface area contributed by atoms with E-state index < -0.39 is 12.0 Å². The first-order valence-corrected chi connectivity index (χ1v) is 8.88. The minimum absolute atomic E-state index is 0.0919. The average Bonchev–Trinajstić information content (AvgIpc) is 2.46. The van der Waals surface area contributed by atoms with Crippen molar-refractivity contribution in [3.05, 3.63) is 28.0 Å². The van der Waals surface area contributed by atoms with Gasteiger partial charge in [-0.05, 0) is 50.6 Å². The molecule has 6 nitrogen and oxygen atoms in total. The molecule has 1 amide bonds. The van der Waals surface area contributed by atoms with Gasteiger partial charge in [0.2, 0.25) is 5.91 Å². The van der Waals surface area contributed by atoms with Gasteiger partial charge in [-0.1, -0.05) is 26.1 Å². The van der Waals surface area contributed by atoms with Crippen LogP contribution in [0.15, 0.2) is 12.3 Å². The summed E-state index contributed by atoms with van der Waals surface area (Å²) in [6.07, 6.45) is 2.50. The number of nitrogens with zero attached hydrogens (tertiary/aromatic N) is 2. The highest BCUT2D eigenvalue weighted by atomic mass is 32.1. The number of carboxylic acids is 1. The minimum atomic E-state index is -0.930. The van der Waals surface area contributed by atoms with E-state index in [4.69, 9.17) is 17.3 Å². The zero-order valence-corrected chi connectivity index (χ0v) is 16.5. The lowest BCUT2D eigenvalue weighted by molar-refractivity contribution is -0.137. The molecule has 1 unspecified atom stereocenters. The van der Waals surface area contributed by atoms with Gasteiger partial charge < -0.3 is 19.9 Å². The predicted octanol–water partition coefficient (Wildman–Crippen LogP) is 2.77. The molecule has 1 aromatic rings. The lowest BCUT2D eigenvalue weighted by atomic mass is 10.0. The average molecular weight is 368 g/mol. The molecule has 0 saturated carbocycles. The van der Waals surface area contributed by atoms with E-state index in [0.29, 0.717) is 17.0 Å². The standard InChI is InChI=1S/C18H29N3O3S/c1-12(2)8-15(18(24)19-7-6-17(22)23)21-11-14(10-20(4)5)13(3)9-16(21)25/h9,11-12,15H,6-8,10H2,1-5H3,(H,19,24)(H,22,23). The Hall–Kier alpha value is -1.73. The van der Waals surface area contributed by atoms with Gasteiger partial charge in [-0.25, -0.2) is 0 Å². The number of amides is 1. The van der Waals surface area contributed by atoms with Gasteiger partial charge in [0, 0.05) is 19.3 Å². The zero-order valence-electron chi connectivity index (χ0n) is 15.7. The van der Waals surface area contributed by atoms with Gasteiger partial charge in [-0.3, -0.25) is 9.59 Å². The lowest BCUT2D eigenvalue weighted by Gasteiger charge is -2.24. The first-order chi connectivity index (χ1) is 11.6. The van der Waals surface area contributed by atoms with Crippen LogP contribution in [0.3, 0.4) is 0 Å². The minimum Gasteiger partial charge on any atom is -0.481 e. The molecular formula is C18H29N3O3S. The van der Waals surface area contributed by atoms with Crippen molar-refractivity contribution >= 4 is 24.1 Å².